The lowest BCUT2D eigenvalue weighted by molar-refractivity contribution is -0.147. The van der Waals surface area contributed by atoms with E-state index in [9.17, 15) is 28.0 Å². The smallest absolute Gasteiger partial charge is 0.410 e. The fourth-order valence-corrected chi connectivity index (χ4v) is 10.7. The number of hydrogen-bond donors (Lipinski definition) is 4. The van der Waals surface area contributed by atoms with E-state index in [4.69, 9.17) is 28.4 Å². The van der Waals surface area contributed by atoms with Gasteiger partial charge < -0.3 is 59.2 Å². The van der Waals surface area contributed by atoms with Crippen molar-refractivity contribution in [3.8, 4) is 17.3 Å². The second kappa shape index (κ2) is 33.2. The average molecular weight is 1270 g/mol. The number of halogens is 2. The van der Waals surface area contributed by atoms with E-state index in [-0.39, 0.29) is 50.2 Å². The molecule has 1 aliphatic carbocycles. The third kappa shape index (κ3) is 19.8. The first-order valence-electron chi connectivity index (χ1n) is 31.4. The molecule has 6 aromatic rings. The summed E-state index contributed by atoms with van der Waals surface area (Å²) in [7, 11) is 1.48. The monoisotopic (exact) mass is 1270 g/mol. The van der Waals surface area contributed by atoms with Gasteiger partial charge in [0.2, 0.25) is 17.7 Å². The minimum atomic E-state index is -1.06. The molecular weight excluding hydrogens is 1180 g/mol. The molecular formula is C68H87F2N11O11. The summed E-state index contributed by atoms with van der Waals surface area (Å²) in [5, 5.41) is 21.0. The lowest BCUT2D eigenvalue weighted by Crippen LogP contribution is -2.62. The fraction of sp³-hybridized carbons (Fsp3) is 0.485. The molecule has 2 aliphatic rings. The molecule has 1 unspecified atom stereocenters. The highest BCUT2D eigenvalue weighted by Gasteiger charge is 2.44. The highest BCUT2D eigenvalue weighted by Crippen LogP contribution is 2.34. The van der Waals surface area contributed by atoms with Crippen molar-refractivity contribution in [2.75, 3.05) is 71.8 Å². The molecule has 494 valence electrons. The number of hydrogen-bond acceptors (Lipinski definition) is 16. The van der Waals surface area contributed by atoms with Crippen molar-refractivity contribution >= 4 is 35.4 Å². The summed E-state index contributed by atoms with van der Waals surface area (Å²) < 4.78 is 65.1. The predicted molar refractivity (Wildman–Crippen MR) is 340 cm³/mol. The topological polar surface area (TPSA) is 252 Å². The van der Waals surface area contributed by atoms with Crippen LogP contribution in [0.15, 0.2) is 104 Å². The number of carbonyl (C=O) groups excluding carboxylic acids is 5. The first-order chi connectivity index (χ1) is 44.1. The van der Waals surface area contributed by atoms with Crippen LogP contribution < -0.4 is 26.0 Å². The largest absolute Gasteiger partial charge is 0.491 e. The number of carbonyl (C=O) groups is 5. The Morgan fingerprint density at radius 3 is 2.16 bits per heavy atom. The van der Waals surface area contributed by atoms with E-state index < -0.39 is 64.6 Å². The van der Waals surface area contributed by atoms with Gasteiger partial charge >= 0.3 is 6.09 Å². The Hall–Kier alpha value is -8.45. The summed E-state index contributed by atoms with van der Waals surface area (Å²) in [6.07, 6.45) is 6.62. The van der Waals surface area contributed by atoms with Crippen molar-refractivity contribution in [2.45, 2.75) is 143 Å². The van der Waals surface area contributed by atoms with Gasteiger partial charge in [-0.25, -0.2) is 23.5 Å². The quantitative estimate of drug-likeness (QED) is 0.0297. The fourth-order valence-electron chi connectivity index (χ4n) is 10.7. The van der Waals surface area contributed by atoms with Gasteiger partial charge in [-0.2, -0.15) is 0 Å². The molecule has 4 N–H and O–H groups in total. The second-order valence-electron chi connectivity index (χ2n) is 24.9. The van der Waals surface area contributed by atoms with Gasteiger partial charge in [-0.05, 0) is 136 Å². The van der Waals surface area contributed by atoms with E-state index in [1.807, 2.05) is 61.7 Å². The van der Waals surface area contributed by atoms with Gasteiger partial charge in [0.1, 0.15) is 59.7 Å². The number of nitrogens with one attached hydrogen (secondary N) is 4. The number of aromatic nitrogens is 5. The number of nitrogens with zero attached hydrogens (tertiary/aromatic N) is 7. The number of anilines is 1. The summed E-state index contributed by atoms with van der Waals surface area (Å²) in [6, 6.07) is 22.8. The molecule has 0 saturated carbocycles. The number of fused-ring (bicyclic) bond motifs is 2. The molecule has 0 spiro atoms. The van der Waals surface area contributed by atoms with Crippen LogP contribution in [0.1, 0.15) is 124 Å². The van der Waals surface area contributed by atoms with Crippen LogP contribution in [-0.2, 0) is 77.1 Å². The van der Waals surface area contributed by atoms with Crippen LogP contribution in [0, 0.1) is 17.0 Å². The molecule has 4 atom stereocenters. The molecule has 5 amide bonds. The highest BCUT2D eigenvalue weighted by atomic mass is 19.1. The minimum absolute atomic E-state index is 0.0918. The summed E-state index contributed by atoms with van der Waals surface area (Å²) in [5.41, 5.74) is 3.76. The lowest BCUT2D eigenvalue weighted by Gasteiger charge is -2.42. The Labute approximate surface area is 536 Å². The molecule has 4 aromatic carbocycles. The van der Waals surface area contributed by atoms with Crippen LogP contribution in [-0.4, -0.2) is 154 Å². The number of rotatable bonds is 31. The normalized spacial score (nSPS) is 15.3. The van der Waals surface area contributed by atoms with Crippen molar-refractivity contribution in [3.05, 3.63) is 154 Å². The van der Waals surface area contributed by atoms with Crippen molar-refractivity contribution in [3.63, 3.8) is 0 Å². The van der Waals surface area contributed by atoms with Gasteiger partial charge in [-0.3, -0.25) is 24.1 Å². The first-order valence-corrected chi connectivity index (χ1v) is 31.4. The second-order valence-corrected chi connectivity index (χ2v) is 24.9. The Morgan fingerprint density at radius 2 is 1.45 bits per heavy atom. The summed E-state index contributed by atoms with van der Waals surface area (Å²) in [4.78, 5) is 80.5. The number of aryl methyl sites for hydroxylation is 1. The Morgan fingerprint density at radius 1 is 0.750 bits per heavy atom. The molecule has 2 aromatic heterocycles. The van der Waals surface area contributed by atoms with Crippen LogP contribution in [0.2, 0.25) is 0 Å². The zero-order chi connectivity index (χ0) is 65.8. The van der Waals surface area contributed by atoms with E-state index in [1.54, 1.807) is 69.1 Å². The molecule has 8 rings (SSSR count). The van der Waals surface area contributed by atoms with E-state index >= 15 is 4.79 Å². The van der Waals surface area contributed by atoms with Gasteiger partial charge in [-0.1, -0.05) is 63.2 Å². The Balaban J connectivity index is 0.734. The van der Waals surface area contributed by atoms with Gasteiger partial charge in [0.05, 0.1) is 45.6 Å². The van der Waals surface area contributed by atoms with Crippen molar-refractivity contribution in [2.24, 2.45) is 5.41 Å². The van der Waals surface area contributed by atoms with Crippen molar-refractivity contribution in [1.82, 2.24) is 50.5 Å². The Bertz CT molecular complexity index is 3410. The Kier molecular flexibility index (Phi) is 25.1. The van der Waals surface area contributed by atoms with Crippen LogP contribution in [0.5, 0.6) is 5.75 Å². The lowest BCUT2D eigenvalue weighted by atomic mass is 9.83. The molecule has 22 nitrogen and oxygen atoms in total. The molecule has 1 aliphatic heterocycles. The zero-order valence-electron chi connectivity index (χ0n) is 53.9. The number of likely N-dealkylation sites (N-methyl/N-ethyl adjacent to an activating group) is 1. The third-order valence-electron chi connectivity index (χ3n) is 15.8. The van der Waals surface area contributed by atoms with E-state index in [1.165, 1.54) is 29.9 Å². The standard InChI is InChI=1S/C68H87F2N11O11/c1-45(79(8)66(86)92-68(5,6)7)62(82)76-60(67(2,3)4)65(85)81-43-49-39-51(25-24-47(49)40-58(81)64(84)75-56-23-12-17-46-16-9-10-20-52(46)56)91-37-36-90-35-34-89-33-32-88-31-15-30-87-29-14-28-80-59(77-78-61(80)57-26-27-71-44-74-57)42-72-50-19-11-18-48(38-50)63(83)73-41-53-54(69)21-13-22-55(53)70/h9-11,13,16,18-22,24-27,38-39,44-45,56,58,60,72H,12,14-15,17,23,28-37,40-43H2,1-8H3,(H,73,83)(H,75,84)(H,76,82)/t45-,56+,58-,60?/m0/s1. The van der Waals surface area contributed by atoms with E-state index in [2.05, 4.69) is 47.5 Å². The maximum absolute atomic E-state index is 15.0. The molecule has 24 heteroatoms. The number of amides is 5. The molecule has 3 heterocycles. The van der Waals surface area contributed by atoms with Gasteiger partial charge in [0, 0.05) is 75.9 Å². The maximum Gasteiger partial charge on any atom is 0.410 e. The summed E-state index contributed by atoms with van der Waals surface area (Å²) >= 11 is 0. The predicted octanol–water partition coefficient (Wildman–Crippen LogP) is 8.71. The summed E-state index contributed by atoms with van der Waals surface area (Å²) in [5.74, 6) is -1.41. The SMILES string of the molecule is C[C@@H](C(=O)NC(C(=O)N1Cc2cc(OCCOCCOCCOCCCOCCCn3c(CNc4cccc(C(=O)NCc5c(F)cccc5F)c4)nnc3-c3ccncn3)ccc2C[C@H]1C(=O)N[C@@H]1CCCc2ccccc21)C(C)(C)C)N(C)C(=O)OC(C)(C)C. The molecule has 0 saturated heterocycles. The average Bonchev–Trinajstić information content (AvgIpc) is 0.952. The molecule has 92 heavy (non-hydrogen) atoms. The minimum Gasteiger partial charge on any atom is -0.491 e. The number of ether oxygens (including phenoxy) is 6. The van der Waals surface area contributed by atoms with Crippen molar-refractivity contribution in [1.29, 1.82) is 0 Å². The van der Waals surface area contributed by atoms with Crippen molar-refractivity contribution < 1.29 is 61.2 Å². The number of benzene rings is 4. The zero-order valence-corrected chi connectivity index (χ0v) is 53.9. The maximum atomic E-state index is 15.0. The van der Waals surface area contributed by atoms with Gasteiger partial charge in [0.15, 0.2) is 11.6 Å². The molecule has 0 radical (unpaired) electrons. The molecule has 0 fully saturated rings. The highest BCUT2D eigenvalue weighted by molar-refractivity contribution is 5.96. The third-order valence-corrected chi connectivity index (χ3v) is 15.8. The summed E-state index contributed by atoms with van der Waals surface area (Å²) in [6.45, 7) is 16.5. The van der Waals surface area contributed by atoms with Crippen LogP contribution in [0.25, 0.3) is 11.5 Å². The first kappa shape index (κ1) is 69.4. The van der Waals surface area contributed by atoms with Crippen LogP contribution in [0.3, 0.4) is 0 Å². The van der Waals surface area contributed by atoms with E-state index in [0.717, 1.165) is 48.1 Å². The van der Waals surface area contributed by atoms with Gasteiger partial charge in [0.25, 0.3) is 5.91 Å². The molecule has 0 bridgehead atoms. The van der Waals surface area contributed by atoms with Gasteiger partial charge in [-0.15, -0.1) is 10.2 Å². The van der Waals surface area contributed by atoms with Crippen LogP contribution in [0.4, 0.5) is 19.3 Å². The van der Waals surface area contributed by atoms with Crippen LogP contribution >= 0.6 is 0 Å². The van der Waals surface area contributed by atoms with E-state index in [0.29, 0.717) is 107 Å².